The molecule has 0 aromatic heterocycles. The Bertz CT molecular complexity index is 400. The third-order valence-corrected chi connectivity index (χ3v) is 2.52. The van der Waals surface area contributed by atoms with Gasteiger partial charge in [-0.3, -0.25) is 0 Å². The van der Waals surface area contributed by atoms with E-state index in [0.717, 1.165) is 5.56 Å². The van der Waals surface area contributed by atoms with E-state index >= 15 is 0 Å². The predicted molar refractivity (Wildman–Crippen MR) is 59.3 cm³/mol. The van der Waals surface area contributed by atoms with Crippen LogP contribution in [-0.4, -0.2) is 0 Å². The average molecular weight is 205 g/mol. The molecule has 0 fully saturated rings. The first-order chi connectivity index (χ1) is 6.97. The van der Waals surface area contributed by atoms with Gasteiger partial charge in [0.25, 0.3) is 0 Å². The fourth-order valence-electron chi connectivity index (χ4n) is 1.65. The van der Waals surface area contributed by atoms with E-state index in [1.807, 2.05) is 27.7 Å². The summed E-state index contributed by atoms with van der Waals surface area (Å²) in [5.41, 5.74) is 1.88. The molecule has 0 N–H and O–H groups in total. The average Bonchev–Trinajstić information content (AvgIpc) is 2.15. The van der Waals surface area contributed by atoms with Crippen LogP contribution in [0.15, 0.2) is 12.1 Å². The monoisotopic (exact) mass is 205 g/mol. The summed E-state index contributed by atoms with van der Waals surface area (Å²) in [7, 11) is 0. The van der Waals surface area contributed by atoms with Crippen LogP contribution in [0.1, 0.15) is 56.2 Å². The minimum atomic E-state index is -0.257. The van der Waals surface area contributed by atoms with Crippen molar-refractivity contribution < 1.29 is 4.39 Å². The summed E-state index contributed by atoms with van der Waals surface area (Å²) in [6, 6.07) is 5.41. The maximum Gasteiger partial charge on any atom is 0.128 e. The van der Waals surface area contributed by atoms with Gasteiger partial charge in [0.2, 0.25) is 0 Å². The smallest absolute Gasteiger partial charge is 0.128 e. The van der Waals surface area contributed by atoms with Crippen LogP contribution in [-0.2, 0) is 0 Å². The predicted octanol–water partition coefficient (Wildman–Crippen LogP) is 3.94. The van der Waals surface area contributed by atoms with Crippen LogP contribution in [0.2, 0.25) is 0 Å². The van der Waals surface area contributed by atoms with E-state index in [4.69, 9.17) is 5.26 Å². The molecule has 0 bridgehead atoms. The number of rotatable bonds is 2. The van der Waals surface area contributed by atoms with E-state index in [9.17, 15) is 4.39 Å². The Labute approximate surface area is 90.5 Å². The topological polar surface area (TPSA) is 23.8 Å². The van der Waals surface area contributed by atoms with Gasteiger partial charge in [-0.25, -0.2) is 4.39 Å². The summed E-state index contributed by atoms with van der Waals surface area (Å²) in [5, 5.41) is 8.98. The molecular weight excluding hydrogens is 189 g/mol. The highest BCUT2D eigenvalue weighted by molar-refractivity contribution is 5.44. The Hall–Kier alpha value is -1.36. The lowest BCUT2D eigenvalue weighted by Gasteiger charge is -2.13. The molecule has 15 heavy (non-hydrogen) atoms. The quantitative estimate of drug-likeness (QED) is 0.717. The van der Waals surface area contributed by atoms with Crippen molar-refractivity contribution in [2.24, 2.45) is 0 Å². The molecule has 0 radical (unpaired) electrons. The fraction of sp³-hybridized carbons (Fsp3) is 0.462. The molecular formula is C13H16FN. The lowest BCUT2D eigenvalue weighted by molar-refractivity contribution is 0.593. The largest absolute Gasteiger partial charge is 0.207 e. The molecule has 0 saturated heterocycles. The highest BCUT2D eigenvalue weighted by Gasteiger charge is 2.14. The van der Waals surface area contributed by atoms with Crippen LogP contribution in [0.4, 0.5) is 4.39 Å². The Balaban J connectivity index is 3.39. The third kappa shape index (κ3) is 2.36. The molecule has 0 saturated carbocycles. The van der Waals surface area contributed by atoms with Gasteiger partial charge in [0.1, 0.15) is 5.82 Å². The van der Waals surface area contributed by atoms with Gasteiger partial charge in [0.05, 0.1) is 11.6 Å². The summed E-state index contributed by atoms with van der Waals surface area (Å²) >= 11 is 0. The Morgan fingerprint density at radius 1 is 1.13 bits per heavy atom. The second kappa shape index (κ2) is 4.44. The number of nitriles is 1. The highest BCUT2D eigenvalue weighted by Crippen LogP contribution is 2.26. The van der Waals surface area contributed by atoms with E-state index < -0.39 is 0 Å². The van der Waals surface area contributed by atoms with Crippen LogP contribution in [0.3, 0.4) is 0 Å². The molecule has 0 unspecified atom stereocenters. The van der Waals surface area contributed by atoms with E-state index in [-0.39, 0.29) is 17.7 Å². The summed E-state index contributed by atoms with van der Waals surface area (Å²) in [4.78, 5) is 0. The standard InChI is InChI=1S/C13H16FN/c1-8(2)10-5-11(7-15)13(9(3)4)12(14)6-10/h5-6,8-9H,1-4H3. The van der Waals surface area contributed by atoms with Gasteiger partial charge in [-0.1, -0.05) is 27.7 Å². The number of nitrogens with zero attached hydrogens (tertiary/aromatic N) is 1. The van der Waals surface area contributed by atoms with Crippen molar-refractivity contribution in [2.45, 2.75) is 39.5 Å². The maximum atomic E-state index is 13.8. The van der Waals surface area contributed by atoms with Crippen molar-refractivity contribution in [1.82, 2.24) is 0 Å². The lowest BCUT2D eigenvalue weighted by Crippen LogP contribution is -2.01. The van der Waals surface area contributed by atoms with Gasteiger partial charge in [-0.05, 0) is 29.5 Å². The van der Waals surface area contributed by atoms with E-state index in [1.54, 1.807) is 12.1 Å². The second-order valence-corrected chi connectivity index (χ2v) is 4.39. The zero-order valence-corrected chi connectivity index (χ0v) is 9.63. The van der Waals surface area contributed by atoms with Crippen LogP contribution >= 0.6 is 0 Å². The number of hydrogen-bond acceptors (Lipinski definition) is 1. The van der Waals surface area contributed by atoms with E-state index in [2.05, 4.69) is 6.07 Å². The zero-order chi connectivity index (χ0) is 11.6. The lowest BCUT2D eigenvalue weighted by atomic mass is 9.92. The molecule has 1 aromatic rings. The van der Waals surface area contributed by atoms with Crippen molar-refractivity contribution in [3.63, 3.8) is 0 Å². The molecule has 1 nitrogen and oxygen atoms in total. The molecule has 1 aromatic carbocycles. The summed E-state index contributed by atoms with van der Waals surface area (Å²) < 4.78 is 13.8. The molecule has 2 heteroatoms. The van der Waals surface area contributed by atoms with Gasteiger partial charge < -0.3 is 0 Å². The molecule has 0 heterocycles. The molecule has 0 atom stereocenters. The molecule has 0 aliphatic carbocycles. The molecule has 80 valence electrons. The van der Waals surface area contributed by atoms with Crippen LogP contribution in [0, 0.1) is 17.1 Å². The number of benzene rings is 1. The van der Waals surface area contributed by atoms with Crippen molar-refractivity contribution in [1.29, 1.82) is 5.26 Å². The zero-order valence-electron chi connectivity index (χ0n) is 9.63. The Morgan fingerprint density at radius 3 is 2.13 bits per heavy atom. The molecule has 1 rings (SSSR count). The number of hydrogen-bond donors (Lipinski definition) is 0. The summed E-state index contributed by atoms with van der Waals surface area (Å²) in [5.74, 6) is 0.0291. The SMILES string of the molecule is CC(C)c1cc(F)c(C(C)C)c(C#N)c1. The molecule has 0 amide bonds. The summed E-state index contributed by atoms with van der Waals surface area (Å²) in [6.45, 7) is 7.78. The van der Waals surface area contributed by atoms with Gasteiger partial charge in [-0.2, -0.15) is 5.26 Å². The maximum absolute atomic E-state index is 13.8. The van der Waals surface area contributed by atoms with Crippen LogP contribution in [0.5, 0.6) is 0 Å². The Morgan fingerprint density at radius 2 is 1.73 bits per heavy atom. The third-order valence-electron chi connectivity index (χ3n) is 2.52. The van der Waals surface area contributed by atoms with Crippen molar-refractivity contribution in [3.8, 4) is 6.07 Å². The molecule has 0 aliphatic heterocycles. The first kappa shape index (κ1) is 11.7. The van der Waals surface area contributed by atoms with E-state index in [1.165, 1.54) is 0 Å². The van der Waals surface area contributed by atoms with E-state index in [0.29, 0.717) is 11.1 Å². The fourth-order valence-corrected chi connectivity index (χ4v) is 1.65. The second-order valence-electron chi connectivity index (χ2n) is 4.39. The number of halogens is 1. The normalized spacial score (nSPS) is 10.8. The van der Waals surface area contributed by atoms with Crippen LogP contribution in [0.25, 0.3) is 0 Å². The minimum absolute atomic E-state index is 0.0425. The van der Waals surface area contributed by atoms with Gasteiger partial charge >= 0.3 is 0 Å². The van der Waals surface area contributed by atoms with Gasteiger partial charge in [0, 0.05) is 5.56 Å². The summed E-state index contributed by atoms with van der Waals surface area (Å²) in [6.07, 6.45) is 0. The first-order valence-electron chi connectivity index (χ1n) is 5.20. The first-order valence-corrected chi connectivity index (χ1v) is 5.20. The van der Waals surface area contributed by atoms with Crippen molar-refractivity contribution in [3.05, 3.63) is 34.6 Å². The van der Waals surface area contributed by atoms with Crippen molar-refractivity contribution >= 4 is 0 Å². The molecule has 0 spiro atoms. The molecule has 0 aliphatic rings. The van der Waals surface area contributed by atoms with Crippen LogP contribution < -0.4 is 0 Å². The minimum Gasteiger partial charge on any atom is -0.207 e. The van der Waals surface area contributed by atoms with Gasteiger partial charge in [-0.15, -0.1) is 0 Å². The highest BCUT2D eigenvalue weighted by atomic mass is 19.1. The van der Waals surface area contributed by atoms with Crippen molar-refractivity contribution in [2.75, 3.05) is 0 Å². The van der Waals surface area contributed by atoms with Gasteiger partial charge in [0.15, 0.2) is 0 Å². The Kier molecular flexibility index (Phi) is 3.47.